The molecule has 3 rings (SSSR count). The second-order valence-electron chi connectivity index (χ2n) is 6.08. The van der Waals surface area contributed by atoms with Gasteiger partial charge in [0.2, 0.25) is 5.91 Å². The molecule has 0 unspecified atom stereocenters. The molecule has 1 aromatic heterocycles. The van der Waals surface area contributed by atoms with Gasteiger partial charge >= 0.3 is 0 Å². The Morgan fingerprint density at radius 1 is 1.22 bits per heavy atom. The first-order valence-corrected chi connectivity index (χ1v) is 8.28. The lowest BCUT2D eigenvalue weighted by molar-refractivity contribution is -0.116. The molecular formula is C19H23N3O. The molecule has 1 fully saturated rings. The lowest BCUT2D eigenvalue weighted by Gasteiger charge is -2.16. The second-order valence-corrected chi connectivity index (χ2v) is 6.08. The topological polar surface area (TPSA) is 45.2 Å². The van der Waals surface area contributed by atoms with Crippen LogP contribution >= 0.6 is 0 Å². The molecule has 1 aliphatic rings. The van der Waals surface area contributed by atoms with Gasteiger partial charge in [0.05, 0.1) is 0 Å². The van der Waals surface area contributed by atoms with Gasteiger partial charge in [0.15, 0.2) is 0 Å². The highest BCUT2D eigenvalue weighted by atomic mass is 16.1. The molecule has 0 bridgehead atoms. The Labute approximate surface area is 137 Å². The fourth-order valence-corrected chi connectivity index (χ4v) is 2.92. The summed E-state index contributed by atoms with van der Waals surface area (Å²) in [7, 11) is 0. The Morgan fingerprint density at radius 2 is 2.00 bits per heavy atom. The standard InChI is InChI=1S/C19H23N3O/c1-15-6-2-3-7-17(15)21-19(23)9-8-16-10-11-20-18(14-16)22-12-4-5-13-22/h2-3,6-7,10-11,14H,4-5,8-9,12-13H2,1H3,(H,21,23). The number of para-hydroxylation sites is 1. The molecule has 120 valence electrons. The largest absolute Gasteiger partial charge is 0.357 e. The molecule has 23 heavy (non-hydrogen) atoms. The van der Waals surface area contributed by atoms with Gasteiger partial charge in [-0.1, -0.05) is 18.2 Å². The molecule has 1 aliphatic heterocycles. The molecule has 4 heteroatoms. The van der Waals surface area contributed by atoms with Gasteiger partial charge in [-0.25, -0.2) is 4.98 Å². The molecule has 4 nitrogen and oxygen atoms in total. The number of aryl methyl sites for hydroxylation is 2. The van der Waals surface area contributed by atoms with Gasteiger partial charge in [0.25, 0.3) is 0 Å². The number of nitrogens with one attached hydrogen (secondary N) is 1. The van der Waals surface area contributed by atoms with Crippen LogP contribution in [0.5, 0.6) is 0 Å². The maximum Gasteiger partial charge on any atom is 0.224 e. The summed E-state index contributed by atoms with van der Waals surface area (Å²) >= 11 is 0. The van der Waals surface area contributed by atoms with Gasteiger partial charge in [0, 0.05) is 31.4 Å². The van der Waals surface area contributed by atoms with Crippen LogP contribution in [-0.2, 0) is 11.2 Å². The van der Waals surface area contributed by atoms with Gasteiger partial charge in [-0.3, -0.25) is 4.79 Å². The van der Waals surface area contributed by atoms with Crippen LogP contribution in [0.1, 0.15) is 30.4 Å². The number of aromatic nitrogens is 1. The van der Waals surface area contributed by atoms with Crippen molar-refractivity contribution in [2.24, 2.45) is 0 Å². The van der Waals surface area contributed by atoms with E-state index in [9.17, 15) is 4.79 Å². The minimum Gasteiger partial charge on any atom is -0.357 e. The van der Waals surface area contributed by atoms with Crippen LogP contribution in [0.3, 0.4) is 0 Å². The number of carbonyl (C=O) groups is 1. The molecule has 1 N–H and O–H groups in total. The van der Waals surface area contributed by atoms with Crippen molar-refractivity contribution in [1.29, 1.82) is 0 Å². The predicted octanol–water partition coefficient (Wildman–Crippen LogP) is 3.56. The average Bonchev–Trinajstić information content (AvgIpc) is 3.10. The van der Waals surface area contributed by atoms with Crippen molar-refractivity contribution in [2.45, 2.75) is 32.6 Å². The van der Waals surface area contributed by atoms with Crippen molar-refractivity contribution >= 4 is 17.4 Å². The quantitative estimate of drug-likeness (QED) is 0.918. The Bertz CT molecular complexity index is 678. The first-order valence-electron chi connectivity index (χ1n) is 8.28. The number of benzene rings is 1. The first-order chi connectivity index (χ1) is 11.2. The summed E-state index contributed by atoms with van der Waals surface area (Å²) in [5.74, 6) is 1.10. The molecule has 0 spiro atoms. The highest BCUT2D eigenvalue weighted by molar-refractivity contribution is 5.91. The molecule has 2 heterocycles. The van der Waals surface area contributed by atoms with E-state index in [0.717, 1.165) is 36.6 Å². The summed E-state index contributed by atoms with van der Waals surface area (Å²) in [6.07, 6.45) is 5.55. The third-order valence-corrected chi connectivity index (χ3v) is 4.30. The van der Waals surface area contributed by atoms with Crippen LogP contribution in [0, 0.1) is 6.92 Å². The van der Waals surface area contributed by atoms with E-state index >= 15 is 0 Å². The highest BCUT2D eigenvalue weighted by Gasteiger charge is 2.13. The fourth-order valence-electron chi connectivity index (χ4n) is 2.92. The maximum atomic E-state index is 12.1. The number of pyridine rings is 1. The normalized spacial score (nSPS) is 14.0. The highest BCUT2D eigenvalue weighted by Crippen LogP contribution is 2.19. The monoisotopic (exact) mass is 309 g/mol. The van der Waals surface area contributed by atoms with Crippen molar-refractivity contribution in [2.75, 3.05) is 23.3 Å². The molecule has 0 saturated carbocycles. The summed E-state index contributed by atoms with van der Waals surface area (Å²) in [4.78, 5) is 18.9. The van der Waals surface area contributed by atoms with E-state index in [-0.39, 0.29) is 5.91 Å². The van der Waals surface area contributed by atoms with E-state index in [1.807, 2.05) is 43.5 Å². The van der Waals surface area contributed by atoms with Crippen LogP contribution < -0.4 is 10.2 Å². The zero-order valence-electron chi connectivity index (χ0n) is 13.6. The van der Waals surface area contributed by atoms with E-state index in [0.29, 0.717) is 6.42 Å². The van der Waals surface area contributed by atoms with E-state index in [1.165, 1.54) is 18.4 Å². The molecule has 0 atom stereocenters. The Kier molecular flexibility index (Phi) is 4.91. The van der Waals surface area contributed by atoms with Crippen molar-refractivity contribution < 1.29 is 4.79 Å². The Balaban J connectivity index is 1.56. The van der Waals surface area contributed by atoms with Gasteiger partial charge in [-0.15, -0.1) is 0 Å². The lowest BCUT2D eigenvalue weighted by Crippen LogP contribution is -2.19. The number of carbonyl (C=O) groups excluding carboxylic acids is 1. The van der Waals surface area contributed by atoms with Crippen molar-refractivity contribution in [3.63, 3.8) is 0 Å². The van der Waals surface area contributed by atoms with Crippen LogP contribution in [-0.4, -0.2) is 24.0 Å². The minimum absolute atomic E-state index is 0.0545. The van der Waals surface area contributed by atoms with E-state index in [2.05, 4.69) is 21.3 Å². The lowest BCUT2D eigenvalue weighted by atomic mass is 10.1. The third-order valence-electron chi connectivity index (χ3n) is 4.30. The zero-order chi connectivity index (χ0) is 16.1. The maximum absolute atomic E-state index is 12.1. The Hall–Kier alpha value is -2.36. The van der Waals surface area contributed by atoms with E-state index in [1.54, 1.807) is 0 Å². The SMILES string of the molecule is Cc1ccccc1NC(=O)CCc1ccnc(N2CCCC2)c1. The molecule has 0 aliphatic carbocycles. The number of hydrogen-bond acceptors (Lipinski definition) is 3. The van der Waals surface area contributed by atoms with Crippen molar-refractivity contribution in [3.8, 4) is 0 Å². The summed E-state index contributed by atoms with van der Waals surface area (Å²) in [6.45, 7) is 4.18. The summed E-state index contributed by atoms with van der Waals surface area (Å²) in [5.41, 5.74) is 3.15. The second kappa shape index (κ2) is 7.27. The van der Waals surface area contributed by atoms with E-state index < -0.39 is 0 Å². The molecule has 1 saturated heterocycles. The van der Waals surface area contributed by atoms with Gasteiger partial charge in [0.1, 0.15) is 5.82 Å². The first kappa shape index (κ1) is 15.5. The summed E-state index contributed by atoms with van der Waals surface area (Å²) in [5, 5.41) is 2.99. The summed E-state index contributed by atoms with van der Waals surface area (Å²) < 4.78 is 0. The number of amides is 1. The van der Waals surface area contributed by atoms with Gasteiger partial charge in [-0.2, -0.15) is 0 Å². The number of hydrogen-bond donors (Lipinski definition) is 1. The number of anilines is 2. The summed E-state index contributed by atoms with van der Waals surface area (Å²) in [6, 6.07) is 12.0. The molecule has 1 amide bonds. The molecule has 2 aromatic rings. The number of nitrogens with zero attached hydrogens (tertiary/aromatic N) is 2. The van der Waals surface area contributed by atoms with E-state index in [4.69, 9.17) is 0 Å². The predicted molar refractivity (Wildman–Crippen MR) is 93.8 cm³/mol. The zero-order valence-corrected chi connectivity index (χ0v) is 13.6. The van der Waals surface area contributed by atoms with Crippen molar-refractivity contribution in [1.82, 2.24) is 4.98 Å². The van der Waals surface area contributed by atoms with Gasteiger partial charge < -0.3 is 10.2 Å². The third kappa shape index (κ3) is 4.09. The number of rotatable bonds is 5. The smallest absolute Gasteiger partial charge is 0.224 e. The molecule has 0 radical (unpaired) electrons. The van der Waals surface area contributed by atoms with Crippen LogP contribution in [0.4, 0.5) is 11.5 Å². The van der Waals surface area contributed by atoms with Crippen LogP contribution in [0.15, 0.2) is 42.6 Å². The molecule has 1 aromatic carbocycles. The molecular weight excluding hydrogens is 286 g/mol. The van der Waals surface area contributed by atoms with Crippen molar-refractivity contribution in [3.05, 3.63) is 53.7 Å². The van der Waals surface area contributed by atoms with Crippen LogP contribution in [0.2, 0.25) is 0 Å². The van der Waals surface area contributed by atoms with Gasteiger partial charge in [-0.05, 0) is 55.5 Å². The minimum atomic E-state index is 0.0545. The average molecular weight is 309 g/mol. The Morgan fingerprint density at radius 3 is 2.78 bits per heavy atom. The fraction of sp³-hybridized carbons (Fsp3) is 0.368. The van der Waals surface area contributed by atoms with Crippen LogP contribution in [0.25, 0.3) is 0 Å².